The molecule has 0 fully saturated rings. The molecule has 0 spiro atoms. The number of nitrogens with zero attached hydrogens (tertiary/aromatic N) is 1. The van der Waals surface area contributed by atoms with Gasteiger partial charge in [-0.25, -0.2) is 4.39 Å². The van der Waals surface area contributed by atoms with E-state index in [2.05, 4.69) is 5.32 Å². The Morgan fingerprint density at radius 1 is 1.42 bits per heavy atom. The molecule has 0 saturated heterocycles. The van der Waals surface area contributed by atoms with Gasteiger partial charge in [0.15, 0.2) is 0 Å². The molecule has 0 bridgehead atoms. The number of hydrogen-bond donors (Lipinski definition) is 1. The predicted octanol–water partition coefficient (Wildman–Crippen LogP) is 3.01. The zero-order valence-corrected chi connectivity index (χ0v) is 13.2. The van der Waals surface area contributed by atoms with Crippen LogP contribution in [0.3, 0.4) is 0 Å². The van der Waals surface area contributed by atoms with Crippen molar-refractivity contribution in [2.24, 2.45) is 0 Å². The Kier molecular flexibility index (Phi) is 5.64. The largest absolute Gasteiger partial charge is 0.464 e. The number of halogens is 1. The third-order valence-electron chi connectivity index (χ3n) is 3.41. The number of amides is 1. The summed E-state index contributed by atoms with van der Waals surface area (Å²) in [5.74, 6) is -0.323. The number of aryl methyl sites for hydroxylation is 1. The van der Waals surface area contributed by atoms with Crippen LogP contribution < -0.4 is 5.32 Å². The van der Waals surface area contributed by atoms with Gasteiger partial charge >= 0.3 is 0 Å². The first-order chi connectivity index (χ1) is 11.5. The van der Waals surface area contributed by atoms with Gasteiger partial charge in [0, 0.05) is 19.6 Å². The summed E-state index contributed by atoms with van der Waals surface area (Å²) < 4.78 is 24.0. The number of hydrogen-bond acceptors (Lipinski definition) is 5. The van der Waals surface area contributed by atoms with Gasteiger partial charge in [-0.2, -0.15) is 0 Å². The Morgan fingerprint density at radius 2 is 2.17 bits per heavy atom. The maximum atomic E-state index is 13.4. The average Bonchev–Trinajstić information content (AvgIpc) is 3.03. The van der Waals surface area contributed by atoms with Crippen molar-refractivity contribution in [3.63, 3.8) is 0 Å². The quantitative estimate of drug-likeness (QED) is 0.619. The van der Waals surface area contributed by atoms with E-state index in [0.29, 0.717) is 12.2 Å². The summed E-state index contributed by atoms with van der Waals surface area (Å²) in [5, 5.41) is 13.6. The van der Waals surface area contributed by atoms with Crippen LogP contribution in [0.1, 0.15) is 34.8 Å². The summed E-state index contributed by atoms with van der Waals surface area (Å²) in [5.41, 5.74) is -0.831. The molecule has 1 amide bonds. The second-order valence-corrected chi connectivity index (χ2v) is 5.06. The summed E-state index contributed by atoms with van der Waals surface area (Å²) in [7, 11) is 1.45. The van der Waals surface area contributed by atoms with E-state index < -0.39 is 28.4 Å². The van der Waals surface area contributed by atoms with Crippen LogP contribution in [-0.4, -0.2) is 24.5 Å². The molecular weight excluding hydrogens is 319 g/mol. The Hall–Kier alpha value is -2.74. The number of furan rings is 1. The molecule has 2 rings (SSSR count). The lowest BCUT2D eigenvalue weighted by Gasteiger charge is -2.16. The van der Waals surface area contributed by atoms with Crippen LogP contribution >= 0.6 is 0 Å². The molecule has 0 aliphatic heterocycles. The molecule has 7 nitrogen and oxygen atoms in total. The fourth-order valence-corrected chi connectivity index (χ4v) is 2.22. The van der Waals surface area contributed by atoms with Crippen molar-refractivity contribution >= 4 is 11.6 Å². The standard InChI is InChI=1S/C16H17FN2O5/c1-3-11-5-7-15(24-11)13(9-23-2)18-16(20)12-8-10(17)4-6-14(12)19(21)22/h4-8,13H,3,9H2,1-2H3,(H,18,20)/t13-/m1/s1. The van der Waals surface area contributed by atoms with Crippen molar-refractivity contribution in [1.29, 1.82) is 0 Å². The summed E-state index contributed by atoms with van der Waals surface area (Å²) in [6.07, 6.45) is 0.684. The third-order valence-corrected chi connectivity index (χ3v) is 3.41. The van der Waals surface area contributed by atoms with Gasteiger partial charge in [-0.05, 0) is 24.3 Å². The molecule has 1 N–H and O–H groups in total. The number of nitro benzene ring substituents is 1. The average molecular weight is 336 g/mol. The lowest BCUT2D eigenvalue weighted by atomic mass is 10.1. The highest BCUT2D eigenvalue weighted by Gasteiger charge is 2.25. The zero-order chi connectivity index (χ0) is 17.7. The zero-order valence-electron chi connectivity index (χ0n) is 13.2. The van der Waals surface area contributed by atoms with E-state index in [-0.39, 0.29) is 12.2 Å². The molecule has 1 aromatic carbocycles. The van der Waals surface area contributed by atoms with Gasteiger partial charge in [0.1, 0.15) is 28.9 Å². The molecule has 0 aliphatic rings. The second-order valence-electron chi connectivity index (χ2n) is 5.06. The monoisotopic (exact) mass is 336 g/mol. The SMILES string of the molecule is CCc1ccc([C@@H](COC)NC(=O)c2cc(F)ccc2[N+](=O)[O-])o1. The van der Waals surface area contributed by atoms with E-state index in [4.69, 9.17) is 9.15 Å². The Morgan fingerprint density at radius 3 is 2.75 bits per heavy atom. The van der Waals surface area contributed by atoms with Gasteiger partial charge in [-0.15, -0.1) is 0 Å². The Bertz CT molecular complexity index is 744. The molecular formula is C16H17FN2O5. The maximum absolute atomic E-state index is 13.4. The van der Waals surface area contributed by atoms with Crippen LogP contribution in [0.4, 0.5) is 10.1 Å². The van der Waals surface area contributed by atoms with Crippen LogP contribution in [0.2, 0.25) is 0 Å². The molecule has 0 aliphatic carbocycles. The molecule has 2 aromatic rings. The van der Waals surface area contributed by atoms with Crippen molar-refractivity contribution in [3.8, 4) is 0 Å². The molecule has 1 atom stereocenters. The molecule has 24 heavy (non-hydrogen) atoms. The van der Waals surface area contributed by atoms with E-state index in [1.807, 2.05) is 6.92 Å². The van der Waals surface area contributed by atoms with E-state index in [9.17, 15) is 19.3 Å². The number of ether oxygens (including phenoxy) is 1. The first-order valence-electron chi connectivity index (χ1n) is 7.28. The van der Waals surface area contributed by atoms with Gasteiger partial charge in [-0.1, -0.05) is 6.92 Å². The number of rotatable bonds is 7. The fourth-order valence-electron chi connectivity index (χ4n) is 2.22. The minimum atomic E-state index is -0.780. The van der Waals surface area contributed by atoms with Gasteiger partial charge < -0.3 is 14.5 Å². The van der Waals surface area contributed by atoms with Gasteiger partial charge in [0.25, 0.3) is 11.6 Å². The number of benzene rings is 1. The molecule has 1 aromatic heterocycles. The topological polar surface area (TPSA) is 94.6 Å². The van der Waals surface area contributed by atoms with Gasteiger partial charge in [0.05, 0.1) is 11.5 Å². The second kappa shape index (κ2) is 7.69. The first kappa shape index (κ1) is 17.6. The van der Waals surface area contributed by atoms with Crippen molar-refractivity contribution in [1.82, 2.24) is 5.32 Å². The highest BCUT2D eigenvalue weighted by atomic mass is 19.1. The maximum Gasteiger partial charge on any atom is 0.282 e. The van der Waals surface area contributed by atoms with Crippen LogP contribution in [0, 0.1) is 15.9 Å². The summed E-state index contributed by atoms with van der Waals surface area (Å²) in [4.78, 5) is 22.7. The number of carbonyl (C=O) groups is 1. The highest BCUT2D eigenvalue weighted by Crippen LogP contribution is 2.22. The normalized spacial score (nSPS) is 12.0. The van der Waals surface area contributed by atoms with Crippen LogP contribution in [0.25, 0.3) is 0 Å². The first-order valence-corrected chi connectivity index (χ1v) is 7.28. The van der Waals surface area contributed by atoms with Crippen LogP contribution in [0.5, 0.6) is 0 Å². The minimum absolute atomic E-state index is 0.103. The molecule has 1 heterocycles. The fraction of sp³-hybridized carbons (Fsp3) is 0.312. The molecule has 0 unspecified atom stereocenters. The molecule has 0 radical (unpaired) electrons. The number of carbonyl (C=O) groups excluding carboxylic acids is 1. The molecule has 128 valence electrons. The van der Waals surface area contributed by atoms with Crippen LogP contribution in [0.15, 0.2) is 34.7 Å². The summed E-state index contributed by atoms with van der Waals surface area (Å²) in [6, 6.07) is 5.54. The van der Waals surface area contributed by atoms with Gasteiger partial charge in [0.2, 0.25) is 0 Å². The van der Waals surface area contributed by atoms with E-state index >= 15 is 0 Å². The van der Waals surface area contributed by atoms with Crippen LogP contribution in [-0.2, 0) is 11.2 Å². The van der Waals surface area contributed by atoms with Crippen molar-refractivity contribution < 1.29 is 23.3 Å². The lowest BCUT2D eigenvalue weighted by Crippen LogP contribution is -2.31. The van der Waals surface area contributed by atoms with Crippen molar-refractivity contribution in [3.05, 3.63) is 63.3 Å². The lowest BCUT2D eigenvalue weighted by molar-refractivity contribution is -0.385. The Labute approximate surface area is 137 Å². The molecule has 8 heteroatoms. The number of methoxy groups -OCH3 is 1. The highest BCUT2D eigenvalue weighted by molar-refractivity contribution is 5.98. The van der Waals surface area contributed by atoms with E-state index in [1.165, 1.54) is 7.11 Å². The third kappa shape index (κ3) is 3.96. The summed E-state index contributed by atoms with van der Waals surface area (Å²) in [6.45, 7) is 2.02. The molecule has 0 saturated carbocycles. The summed E-state index contributed by atoms with van der Waals surface area (Å²) >= 11 is 0. The van der Waals surface area contributed by atoms with E-state index in [1.54, 1.807) is 12.1 Å². The predicted molar refractivity (Wildman–Crippen MR) is 83.2 cm³/mol. The smallest absolute Gasteiger partial charge is 0.282 e. The number of nitrogens with one attached hydrogen (secondary N) is 1. The Balaban J connectivity index is 2.28. The van der Waals surface area contributed by atoms with Crippen molar-refractivity contribution in [2.75, 3.05) is 13.7 Å². The van der Waals surface area contributed by atoms with E-state index in [0.717, 1.165) is 24.0 Å². The van der Waals surface area contributed by atoms with Gasteiger partial charge in [-0.3, -0.25) is 14.9 Å². The van der Waals surface area contributed by atoms with Crippen molar-refractivity contribution in [2.45, 2.75) is 19.4 Å². The minimum Gasteiger partial charge on any atom is -0.464 e. The number of nitro groups is 1.